The highest BCUT2D eigenvalue weighted by Gasteiger charge is 2.24. The first-order chi connectivity index (χ1) is 7.24. The molecule has 0 aromatic carbocycles. The highest BCUT2D eigenvalue weighted by atomic mass is 32.2. The number of rotatable bonds is 10. The third-order valence-electron chi connectivity index (χ3n) is 3.45. The van der Waals surface area contributed by atoms with Crippen LogP contribution in [-0.2, 0) is 0 Å². The monoisotopic (exact) mass is 231 g/mol. The second kappa shape index (κ2) is 9.53. The second-order valence-electron chi connectivity index (χ2n) is 4.29. The van der Waals surface area contributed by atoms with Crippen molar-refractivity contribution in [2.24, 2.45) is 5.41 Å². The highest BCUT2D eigenvalue weighted by Crippen LogP contribution is 2.31. The predicted octanol–water partition coefficient (Wildman–Crippen LogP) is 3.94. The van der Waals surface area contributed by atoms with Crippen LogP contribution in [0.2, 0.25) is 0 Å². The van der Waals surface area contributed by atoms with Crippen molar-refractivity contribution >= 4 is 11.8 Å². The van der Waals surface area contributed by atoms with E-state index in [1.807, 2.05) is 0 Å². The molecule has 0 radical (unpaired) electrons. The fourth-order valence-corrected chi connectivity index (χ4v) is 2.66. The summed E-state index contributed by atoms with van der Waals surface area (Å²) in [6, 6.07) is 0. The SMILES string of the molecule is CCNCC(CC)(CC)CCCSCC. The van der Waals surface area contributed by atoms with Gasteiger partial charge in [0.2, 0.25) is 0 Å². The minimum absolute atomic E-state index is 0.560. The Balaban J connectivity index is 3.88. The van der Waals surface area contributed by atoms with Crippen LogP contribution in [0.5, 0.6) is 0 Å². The molecular formula is C13H29NS. The van der Waals surface area contributed by atoms with Gasteiger partial charge < -0.3 is 5.32 Å². The van der Waals surface area contributed by atoms with Gasteiger partial charge in [-0.25, -0.2) is 0 Å². The smallest absolute Gasteiger partial charge is 0.000749 e. The van der Waals surface area contributed by atoms with Crippen LogP contribution < -0.4 is 5.32 Å². The molecule has 0 aromatic heterocycles. The van der Waals surface area contributed by atoms with Gasteiger partial charge in [-0.15, -0.1) is 0 Å². The average Bonchev–Trinajstić information content (AvgIpc) is 2.29. The van der Waals surface area contributed by atoms with Crippen molar-refractivity contribution in [3.8, 4) is 0 Å². The van der Waals surface area contributed by atoms with E-state index in [1.54, 1.807) is 0 Å². The average molecular weight is 231 g/mol. The second-order valence-corrected chi connectivity index (χ2v) is 5.68. The first-order valence-electron chi connectivity index (χ1n) is 6.53. The zero-order chi connectivity index (χ0) is 11.6. The Kier molecular flexibility index (Phi) is 9.73. The summed E-state index contributed by atoms with van der Waals surface area (Å²) >= 11 is 2.07. The highest BCUT2D eigenvalue weighted by molar-refractivity contribution is 7.99. The van der Waals surface area contributed by atoms with Crippen LogP contribution >= 0.6 is 11.8 Å². The topological polar surface area (TPSA) is 12.0 Å². The molecular weight excluding hydrogens is 202 g/mol. The van der Waals surface area contributed by atoms with Crippen LogP contribution in [0, 0.1) is 5.41 Å². The van der Waals surface area contributed by atoms with Gasteiger partial charge in [-0.3, -0.25) is 0 Å². The van der Waals surface area contributed by atoms with Gasteiger partial charge in [-0.1, -0.05) is 27.7 Å². The summed E-state index contributed by atoms with van der Waals surface area (Å²) in [6.07, 6.45) is 5.40. The summed E-state index contributed by atoms with van der Waals surface area (Å²) in [7, 11) is 0. The maximum absolute atomic E-state index is 3.53. The van der Waals surface area contributed by atoms with Gasteiger partial charge in [0, 0.05) is 6.54 Å². The van der Waals surface area contributed by atoms with Crippen LogP contribution in [0.3, 0.4) is 0 Å². The third kappa shape index (κ3) is 6.47. The third-order valence-corrected chi connectivity index (χ3v) is 4.44. The van der Waals surface area contributed by atoms with E-state index in [0.717, 1.165) is 6.54 Å². The van der Waals surface area contributed by atoms with Crippen LogP contribution in [0.25, 0.3) is 0 Å². The molecule has 0 rings (SSSR count). The molecule has 15 heavy (non-hydrogen) atoms. The molecule has 1 nitrogen and oxygen atoms in total. The molecule has 2 heteroatoms. The first-order valence-corrected chi connectivity index (χ1v) is 7.68. The first kappa shape index (κ1) is 15.3. The zero-order valence-corrected chi connectivity index (χ0v) is 11.9. The molecule has 0 saturated carbocycles. The Hall–Kier alpha value is 0.310. The maximum Gasteiger partial charge on any atom is 0.000749 e. The van der Waals surface area contributed by atoms with Crippen molar-refractivity contribution in [1.82, 2.24) is 5.32 Å². The molecule has 0 saturated heterocycles. The summed E-state index contributed by atoms with van der Waals surface area (Å²) in [5, 5.41) is 3.53. The van der Waals surface area contributed by atoms with Crippen molar-refractivity contribution < 1.29 is 0 Å². The van der Waals surface area contributed by atoms with E-state index in [0.29, 0.717) is 5.41 Å². The molecule has 0 bridgehead atoms. The van der Waals surface area contributed by atoms with Gasteiger partial charge in [0.1, 0.15) is 0 Å². The molecule has 0 aliphatic carbocycles. The zero-order valence-electron chi connectivity index (χ0n) is 11.1. The molecule has 0 aliphatic heterocycles. The summed E-state index contributed by atoms with van der Waals surface area (Å²) in [4.78, 5) is 0. The number of nitrogens with one attached hydrogen (secondary N) is 1. The van der Waals surface area contributed by atoms with Crippen molar-refractivity contribution in [3.05, 3.63) is 0 Å². The number of hydrogen-bond acceptors (Lipinski definition) is 2. The molecule has 0 heterocycles. The molecule has 0 unspecified atom stereocenters. The standard InChI is InChI=1S/C13H29NS/c1-5-13(6-2,12-14-7-3)10-9-11-15-8-4/h14H,5-12H2,1-4H3. The molecule has 0 aliphatic rings. The van der Waals surface area contributed by atoms with Gasteiger partial charge in [-0.2, -0.15) is 11.8 Å². The molecule has 0 amide bonds. The van der Waals surface area contributed by atoms with Gasteiger partial charge in [-0.05, 0) is 49.1 Å². The van der Waals surface area contributed by atoms with E-state index in [2.05, 4.69) is 44.8 Å². The van der Waals surface area contributed by atoms with E-state index in [1.165, 1.54) is 43.7 Å². The van der Waals surface area contributed by atoms with Gasteiger partial charge in [0.25, 0.3) is 0 Å². The van der Waals surface area contributed by atoms with Crippen LogP contribution in [0.15, 0.2) is 0 Å². The molecule has 0 spiro atoms. The van der Waals surface area contributed by atoms with Crippen molar-refractivity contribution in [1.29, 1.82) is 0 Å². The van der Waals surface area contributed by atoms with Crippen LogP contribution in [0.1, 0.15) is 53.4 Å². The molecule has 1 N–H and O–H groups in total. The Labute approximate surface area is 101 Å². The lowest BCUT2D eigenvalue weighted by Crippen LogP contribution is -2.33. The molecule has 0 fully saturated rings. The van der Waals surface area contributed by atoms with Gasteiger partial charge in [0.05, 0.1) is 0 Å². The van der Waals surface area contributed by atoms with Crippen LogP contribution in [0.4, 0.5) is 0 Å². The lowest BCUT2D eigenvalue weighted by molar-refractivity contribution is 0.228. The summed E-state index contributed by atoms with van der Waals surface area (Å²) in [5.74, 6) is 2.60. The maximum atomic E-state index is 3.53. The van der Waals surface area contributed by atoms with Crippen molar-refractivity contribution in [2.75, 3.05) is 24.6 Å². The Morgan fingerprint density at radius 1 is 1.07 bits per heavy atom. The van der Waals surface area contributed by atoms with Gasteiger partial charge >= 0.3 is 0 Å². The van der Waals surface area contributed by atoms with E-state index < -0.39 is 0 Å². The quantitative estimate of drug-likeness (QED) is 0.572. The van der Waals surface area contributed by atoms with E-state index in [4.69, 9.17) is 0 Å². The Morgan fingerprint density at radius 2 is 1.73 bits per heavy atom. The summed E-state index contributed by atoms with van der Waals surface area (Å²) in [6.45, 7) is 11.4. The minimum Gasteiger partial charge on any atom is -0.316 e. The summed E-state index contributed by atoms with van der Waals surface area (Å²) < 4.78 is 0. The fourth-order valence-electron chi connectivity index (χ4n) is 2.03. The number of thioether (sulfide) groups is 1. The largest absolute Gasteiger partial charge is 0.316 e. The molecule has 0 atom stereocenters. The molecule has 92 valence electrons. The van der Waals surface area contributed by atoms with E-state index in [9.17, 15) is 0 Å². The normalized spacial score (nSPS) is 12.0. The van der Waals surface area contributed by atoms with Crippen molar-refractivity contribution in [3.63, 3.8) is 0 Å². The lowest BCUT2D eigenvalue weighted by atomic mass is 9.78. The van der Waals surface area contributed by atoms with E-state index in [-0.39, 0.29) is 0 Å². The molecule has 0 aromatic rings. The Bertz CT molecular complexity index is 132. The van der Waals surface area contributed by atoms with Crippen molar-refractivity contribution in [2.45, 2.75) is 53.4 Å². The lowest BCUT2D eigenvalue weighted by Gasteiger charge is -2.32. The van der Waals surface area contributed by atoms with Gasteiger partial charge in [0.15, 0.2) is 0 Å². The van der Waals surface area contributed by atoms with Crippen LogP contribution in [-0.4, -0.2) is 24.6 Å². The fraction of sp³-hybridized carbons (Fsp3) is 1.00. The van der Waals surface area contributed by atoms with E-state index >= 15 is 0 Å². The summed E-state index contributed by atoms with van der Waals surface area (Å²) in [5.41, 5.74) is 0.560. The predicted molar refractivity (Wildman–Crippen MR) is 73.8 cm³/mol. The minimum atomic E-state index is 0.560. The number of hydrogen-bond donors (Lipinski definition) is 1. The Morgan fingerprint density at radius 3 is 2.20 bits per heavy atom.